The number of fused-ring (bicyclic) bond motifs is 1. The molecule has 22 heavy (non-hydrogen) atoms. The van der Waals surface area contributed by atoms with Crippen LogP contribution in [-0.4, -0.2) is 9.55 Å². The van der Waals surface area contributed by atoms with Gasteiger partial charge in [-0.2, -0.15) is 5.26 Å². The maximum Gasteiger partial charge on any atom is 0.144 e. The number of rotatable bonds is 3. The number of hydrogen-bond acceptors (Lipinski definition) is 2. The van der Waals surface area contributed by atoms with Gasteiger partial charge in [-0.1, -0.05) is 12.1 Å². The highest BCUT2D eigenvalue weighted by Gasteiger charge is 2.16. The summed E-state index contributed by atoms with van der Waals surface area (Å²) in [7, 11) is 0. The second-order valence-corrected chi connectivity index (χ2v) is 5.40. The third-order valence-electron chi connectivity index (χ3n) is 3.93. The molecule has 0 unspecified atom stereocenters. The smallest absolute Gasteiger partial charge is 0.144 e. The Balaban J connectivity index is 2.29. The summed E-state index contributed by atoms with van der Waals surface area (Å²) >= 11 is 0. The predicted octanol–water partition coefficient (Wildman–Crippen LogP) is 4.37. The van der Waals surface area contributed by atoms with Crippen molar-refractivity contribution in [2.24, 2.45) is 0 Å². The lowest BCUT2D eigenvalue weighted by molar-refractivity contribution is 0.627. The first-order chi connectivity index (χ1) is 10.6. The minimum atomic E-state index is -0.301. The largest absolute Gasteiger partial charge is 0.323 e. The van der Waals surface area contributed by atoms with Crippen molar-refractivity contribution in [2.75, 3.05) is 0 Å². The molecule has 0 aliphatic heterocycles. The SMILES string of the molecule is Cc1cc2nc(-c3ccccc3F)n(CCC#N)c2cc1C. The minimum Gasteiger partial charge on any atom is -0.323 e. The number of aromatic nitrogens is 2. The molecule has 3 rings (SSSR count). The van der Waals surface area contributed by atoms with Crippen molar-refractivity contribution in [3.05, 3.63) is 53.3 Å². The molecule has 0 aliphatic rings. The highest BCUT2D eigenvalue weighted by Crippen LogP contribution is 2.28. The van der Waals surface area contributed by atoms with E-state index in [2.05, 4.69) is 17.1 Å². The third kappa shape index (κ3) is 2.35. The van der Waals surface area contributed by atoms with E-state index in [0.29, 0.717) is 24.4 Å². The topological polar surface area (TPSA) is 41.6 Å². The van der Waals surface area contributed by atoms with E-state index < -0.39 is 0 Å². The second kappa shape index (κ2) is 5.61. The number of imidazole rings is 1. The molecule has 4 heteroatoms. The van der Waals surface area contributed by atoms with Crippen molar-refractivity contribution in [1.82, 2.24) is 9.55 Å². The quantitative estimate of drug-likeness (QED) is 0.719. The summed E-state index contributed by atoms with van der Waals surface area (Å²) < 4.78 is 16.1. The first-order valence-electron chi connectivity index (χ1n) is 7.21. The van der Waals surface area contributed by atoms with Crippen molar-refractivity contribution in [3.8, 4) is 17.5 Å². The van der Waals surface area contributed by atoms with Crippen molar-refractivity contribution in [3.63, 3.8) is 0 Å². The molecule has 0 N–H and O–H groups in total. The average Bonchev–Trinajstić information content (AvgIpc) is 2.83. The van der Waals surface area contributed by atoms with E-state index >= 15 is 0 Å². The molecule has 2 aromatic carbocycles. The lowest BCUT2D eigenvalue weighted by atomic mass is 10.1. The molecule has 0 amide bonds. The fourth-order valence-electron chi connectivity index (χ4n) is 2.62. The molecule has 1 heterocycles. The number of benzene rings is 2. The van der Waals surface area contributed by atoms with Gasteiger partial charge in [0.1, 0.15) is 11.6 Å². The Labute approximate surface area is 128 Å². The van der Waals surface area contributed by atoms with Gasteiger partial charge in [0.15, 0.2) is 0 Å². The van der Waals surface area contributed by atoms with Gasteiger partial charge in [0, 0.05) is 6.54 Å². The van der Waals surface area contributed by atoms with Gasteiger partial charge >= 0.3 is 0 Å². The minimum absolute atomic E-state index is 0.301. The van der Waals surface area contributed by atoms with Crippen LogP contribution < -0.4 is 0 Å². The third-order valence-corrected chi connectivity index (χ3v) is 3.93. The summed E-state index contributed by atoms with van der Waals surface area (Å²) in [6.07, 6.45) is 0.361. The molecule has 0 atom stereocenters. The van der Waals surface area contributed by atoms with Gasteiger partial charge < -0.3 is 4.57 Å². The van der Waals surface area contributed by atoms with Crippen LogP contribution in [0.25, 0.3) is 22.4 Å². The van der Waals surface area contributed by atoms with Crippen LogP contribution in [0.15, 0.2) is 36.4 Å². The van der Waals surface area contributed by atoms with Crippen molar-refractivity contribution in [1.29, 1.82) is 5.26 Å². The second-order valence-electron chi connectivity index (χ2n) is 5.40. The van der Waals surface area contributed by atoms with Gasteiger partial charge in [-0.3, -0.25) is 0 Å². The zero-order chi connectivity index (χ0) is 15.7. The summed E-state index contributed by atoms with van der Waals surface area (Å²) in [6.45, 7) is 4.57. The summed E-state index contributed by atoms with van der Waals surface area (Å²) in [6, 6.07) is 12.8. The van der Waals surface area contributed by atoms with Crippen LogP contribution >= 0.6 is 0 Å². The van der Waals surface area contributed by atoms with E-state index in [4.69, 9.17) is 5.26 Å². The van der Waals surface area contributed by atoms with Crippen molar-refractivity contribution in [2.45, 2.75) is 26.8 Å². The lowest BCUT2D eigenvalue weighted by Crippen LogP contribution is -2.01. The maximum absolute atomic E-state index is 14.1. The van der Waals surface area contributed by atoms with Gasteiger partial charge in [-0.05, 0) is 49.2 Å². The Morgan fingerprint density at radius 1 is 1.18 bits per heavy atom. The maximum atomic E-state index is 14.1. The van der Waals surface area contributed by atoms with E-state index in [0.717, 1.165) is 22.2 Å². The summed E-state index contributed by atoms with van der Waals surface area (Å²) in [5.74, 6) is 0.276. The van der Waals surface area contributed by atoms with Crippen LogP contribution in [0.2, 0.25) is 0 Å². The Morgan fingerprint density at radius 2 is 1.91 bits per heavy atom. The van der Waals surface area contributed by atoms with Crippen LogP contribution in [0.5, 0.6) is 0 Å². The van der Waals surface area contributed by atoms with Crippen molar-refractivity contribution >= 4 is 11.0 Å². The fourth-order valence-corrected chi connectivity index (χ4v) is 2.62. The van der Waals surface area contributed by atoms with Crippen LogP contribution in [0.4, 0.5) is 4.39 Å². The first-order valence-corrected chi connectivity index (χ1v) is 7.21. The van der Waals surface area contributed by atoms with Gasteiger partial charge in [0.05, 0.1) is 29.1 Å². The highest BCUT2D eigenvalue weighted by molar-refractivity contribution is 5.82. The highest BCUT2D eigenvalue weighted by atomic mass is 19.1. The molecule has 1 aromatic heterocycles. The Bertz CT molecular complexity index is 887. The Kier molecular flexibility index (Phi) is 3.64. The van der Waals surface area contributed by atoms with Crippen LogP contribution in [0, 0.1) is 31.0 Å². The monoisotopic (exact) mass is 293 g/mol. The number of aryl methyl sites for hydroxylation is 3. The molecule has 0 radical (unpaired) electrons. The summed E-state index contributed by atoms with van der Waals surface area (Å²) in [5.41, 5.74) is 4.55. The van der Waals surface area contributed by atoms with Gasteiger partial charge in [-0.15, -0.1) is 0 Å². The van der Waals surface area contributed by atoms with E-state index in [-0.39, 0.29) is 5.82 Å². The molecule has 0 saturated heterocycles. The molecule has 3 aromatic rings. The van der Waals surface area contributed by atoms with E-state index in [1.165, 1.54) is 6.07 Å². The molecule has 0 fully saturated rings. The number of hydrogen-bond donors (Lipinski definition) is 0. The zero-order valence-corrected chi connectivity index (χ0v) is 12.6. The van der Waals surface area contributed by atoms with E-state index in [9.17, 15) is 4.39 Å². The first kappa shape index (κ1) is 14.3. The molecule has 0 aliphatic carbocycles. The molecule has 0 bridgehead atoms. The van der Waals surface area contributed by atoms with Crippen LogP contribution in [0.1, 0.15) is 17.5 Å². The summed E-state index contributed by atoms with van der Waals surface area (Å²) in [5, 5.41) is 8.89. The summed E-state index contributed by atoms with van der Waals surface area (Å²) in [4.78, 5) is 4.61. The normalized spacial score (nSPS) is 10.8. The Hall–Kier alpha value is -2.67. The number of nitriles is 1. The molecule has 110 valence electrons. The zero-order valence-electron chi connectivity index (χ0n) is 12.6. The average molecular weight is 293 g/mol. The fraction of sp³-hybridized carbons (Fsp3) is 0.222. The standard InChI is InChI=1S/C18H16FN3/c1-12-10-16-17(11-13(12)2)22(9-5-8-20)18(21-16)14-6-3-4-7-15(14)19/h3-4,6-7,10-11H,5,9H2,1-2H3. The molecular formula is C18H16FN3. The molecule has 0 saturated carbocycles. The molecule has 0 spiro atoms. The predicted molar refractivity (Wildman–Crippen MR) is 84.8 cm³/mol. The van der Waals surface area contributed by atoms with Gasteiger partial charge in [0.2, 0.25) is 0 Å². The van der Waals surface area contributed by atoms with Gasteiger partial charge in [-0.25, -0.2) is 9.37 Å². The Morgan fingerprint density at radius 3 is 2.64 bits per heavy atom. The van der Waals surface area contributed by atoms with Gasteiger partial charge in [0.25, 0.3) is 0 Å². The van der Waals surface area contributed by atoms with E-state index in [1.54, 1.807) is 18.2 Å². The lowest BCUT2D eigenvalue weighted by Gasteiger charge is -2.08. The van der Waals surface area contributed by atoms with Crippen molar-refractivity contribution < 1.29 is 4.39 Å². The van der Waals surface area contributed by atoms with Crippen LogP contribution in [0.3, 0.4) is 0 Å². The molecular weight excluding hydrogens is 277 g/mol. The number of nitrogens with zero attached hydrogens (tertiary/aromatic N) is 3. The molecule has 3 nitrogen and oxygen atoms in total. The van der Waals surface area contributed by atoms with Crippen LogP contribution in [-0.2, 0) is 6.54 Å². The number of halogens is 1. The van der Waals surface area contributed by atoms with E-state index in [1.807, 2.05) is 24.5 Å².